The molecule has 4 heteroatoms. The van der Waals surface area contributed by atoms with Crippen LogP contribution in [0.3, 0.4) is 0 Å². The van der Waals surface area contributed by atoms with Gasteiger partial charge in [-0.3, -0.25) is 4.21 Å². The first-order valence-electron chi connectivity index (χ1n) is 4.34. The van der Waals surface area contributed by atoms with Crippen molar-refractivity contribution in [2.45, 2.75) is 31.1 Å². The normalized spacial score (nSPS) is 14.2. The number of benzene rings is 1. The summed E-state index contributed by atoms with van der Waals surface area (Å²) in [5, 5.41) is 0. The minimum absolute atomic E-state index is 0. The third kappa shape index (κ3) is 4.22. The molecule has 0 saturated heterocycles. The third-order valence-electron chi connectivity index (χ3n) is 2.25. The van der Waals surface area contributed by atoms with E-state index in [9.17, 15) is 8.76 Å². The van der Waals surface area contributed by atoms with Crippen molar-refractivity contribution in [3.8, 4) is 0 Å². The van der Waals surface area contributed by atoms with Crippen LogP contribution in [0.1, 0.15) is 31.7 Å². The fourth-order valence-corrected chi connectivity index (χ4v) is 1.50. The van der Waals surface area contributed by atoms with Gasteiger partial charge in [0.25, 0.3) is 0 Å². The van der Waals surface area contributed by atoms with Crippen molar-refractivity contribution in [3.63, 3.8) is 0 Å². The van der Waals surface area contributed by atoms with Crippen LogP contribution in [0.4, 0.5) is 0 Å². The van der Waals surface area contributed by atoms with Crippen LogP contribution in [0, 0.1) is 0 Å². The van der Waals surface area contributed by atoms with Crippen molar-refractivity contribution < 1.29 is 60.1 Å². The van der Waals surface area contributed by atoms with Crippen molar-refractivity contribution in [2.75, 3.05) is 0 Å². The summed E-state index contributed by atoms with van der Waals surface area (Å²) in [7, 11) is 0. The van der Waals surface area contributed by atoms with Gasteiger partial charge in [0.2, 0.25) is 0 Å². The SMILES string of the molecule is CCC(C)c1ccc(S(=O)[O-])cc1.[K+]. The van der Waals surface area contributed by atoms with Crippen LogP contribution in [0.5, 0.6) is 0 Å². The summed E-state index contributed by atoms with van der Waals surface area (Å²) in [6, 6.07) is 7.04. The smallest absolute Gasteiger partial charge is 0.768 e. The number of hydrogen-bond donors (Lipinski definition) is 0. The van der Waals surface area contributed by atoms with Crippen LogP contribution in [0.25, 0.3) is 0 Å². The second kappa shape index (κ2) is 7.27. The fraction of sp³-hybridized carbons (Fsp3) is 0.400. The minimum Gasteiger partial charge on any atom is -0.768 e. The quantitative estimate of drug-likeness (QED) is 0.521. The van der Waals surface area contributed by atoms with Gasteiger partial charge in [-0.15, -0.1) is 0 Å². The van der Waals surface area contributed by atoms with Crippen LogP contribution < -0.4 is 51.4 Å². The zero-order valence-corrected chi connectivity index (χ0v) is 12.8. The van der Waals surface area contributed by atoms with Gasteiger partial charge in [-0.1, -0.05) is 26.0 Å². The summed E-state index contributed by atoms with van der Waals surface area (Å²) in [6.45, 7) is 4.24. The second-order valence-electron chi connectivity index (χ2n) is 3.11. The van der Waals surface area contributed by atoms with Gasteiger partial charge in [0, 0.05) is 4.90 Å². The van der Waals surface area contributed by atoms with E-state index in [0.29, 0.717) is 10.8 Å². The molecular formula is C10H13KO2S. The predicted molar refractivity (Wildman–Crippen MR) is 52.3 cm³/mol. The number of hydrogen-bond acceptors (Lipinski definition) is 2. The Balaban J connectivity index is 0.00000169. The molecule has 0 aliphatic heterocycles. The monoisotopic (exact) mass is 236 g/mol. The first-order valence-corrected chi connectivity index (χ1v) is 5.42. The van der Waals surface area contributed by atoms with Gasteiger partial charge in [-0.25, -0.2) is 0 Å². The molecule has 0 heterocycles. The van der Waals surface area contributed by atoms with Gasteiger partial charge in [0.05, 0.1) is 0 Å². The predicted octanol–water partition coefficient (Wildman–Crippen LogP) is -0.558. The molecule has 0 bridgehead atoms. The summed E-state index contributed by atoms with van der Waals surface area (Å²) in [5.74, 6) is 0.495. The van der Waals surface area contributed by atoms with E-state index in [0.717, 1.165) is 6.42 Å². The Labute approximate surface area is 130 Å². The van der Waals surface area contributed by atoms with Gasteiger partial charge in [-0.05, 0) is 41.1 Å². The van der Waals surface area contributed by atoms with Crippen molar-refractivity contribution in [3.05, 3.63) is 29.8 Å². The van der Waals surface area contributed by atoms with Crippen molar-refractivity contribution in [1.29, 1.82) is 0 Å². The third-order valence-corrected chi connectivity index (χ3v) is 2.91. The van der Waals surface area contributed by atoms with E-state index in [1.165, 1.54) is 5.56 Å². The van der Waals surface area contributed by atoms with E-state index in [4.69, 9.17) is 0 Å². The number of rotatable bonds is 3. The molecule has 0 aliphatic rings. The van der Waals surface area contributed by atoms with Crippen LogP contribution in [-0.4, -0.2) is 8.76 Å². The van der Waals surface area contributed by atoms with Crippen molar-refractivity contribution in [2.24, 2.45) is 0 Å². The molecule has 0 aliphatic carbocycles. The van der Waals surface area contributed by atoms with E-state index in [2.05, 4.69) is 13.8 Å². The van der Waals surface area contributed by atoms with Crippen LogP contribution in [-0.2, 0) is 11.1 Å². The van der Waals surface area contributed by atoms with Crippen molar-refractivity contribution in [1.82, 2.24) is 0 Å². The maximum atomic E-state index is 10.6. The first kappa shape index (κ1) is 15.0. The molecule has 2 nitrogen and oxygen atoms in total. The Hall–Kier alpha value is 0.966. The van der Waals surface area contributed by atoms with E-state index in [1.807, 2.05) is 12.1 Å². The average Bonchev–Trinajstić information content (AvgIpc) is 2.17. The summed E-state index contributed by atoms with van der Waals surface area (Å²) in [5.41, 5.74) is 1.19. The van der Waals surface area contributed by atoms with E-state index >= 15 is 0 Å². The average molecular weight is 236 g/mol. The topological polar surface area (TPSA) is 40.1 Å². The molecular weight excluding hydrogens is 223 g/mol. The second-order valence-corrected chi connectivity index (χ2v) is 4.05. The largest absolute Gasteiger partial charge is 1.00 e. The molecule has 14 heavy (non-hydrogen) atoms. The summed E-state index contributed by atoms with van der Waals surface area (Å²) in [6.07, 6.45) is 1.07. The van der Waals surface area contributed by atoms with Crippen molar-refractivity contribution >= 4 is 11.1 Å². The molecule has 2 unspecified atom stereocenters. The van der Waals surface area contributed by atoms with Gasteiger partial charge in [-0.2, -0.15) is 0 Å². The van der Waals surface area contributed by atoms with Crippen LogP contribution in [0.15, 0.2) is 29.2 Å². The van der Waals surface area contributed by atoms with Gasteiger partial charge < -0.3 is 4.55 Å². The molecule has 0 amide bonds. The molecule has 1 rings (SSSR count). The van der Waals surface area contributed by atoms with Gasteiger partial charge >= 0.3 is 51.4 Å². The molecule has 0 N–H and O–H groups in total. The molecule has 0 radical (unpaired) electrons. The Kier molecular flexibility index (Phi) is 7.78. The molecule has 0 saturated carbocycles. The minimum atomic E-state index is -2.10. The Bertz CT molecular complexity index is 297. The molecule has 2 atom stereocenters. The molecule has 72 valence electrons. The van der Waals surface area contributed by atoms with E-state index in [1.54, 1.807) is 12.1 Å². The summed E-state index contributed by atoms with van der Waals surface area (Å²) in [4.78, 5) is 0.354. The molecule has 1 aromatic carbocycles. The summed E-state index contributed by atoms with van der Waals surface area (Å²) < 4.78 is 21.1. The zero-order valence-electron chi connectivity index (χ0n) is 8.82. The first-order chi connectivity index (χ1) is 6.15. The summed E-state index contributed by atoms with van der Waals surface area (Å²) >= 11 is -2.10. The Morgan fingerprint density at radius 3 is 2.21 bits per heavy atom. The fourth-order valence-electron chi connectivity index (χ4n) is 1.14. The molecule has 0 spiro atoms. The maximum Gasteiger partial charge on any atom is 1.00 e. The zero-order chi connectivity index (χ0) is 9.84. The molecule has 0 aromatic heterocycles. The van der Waals surface area contributed by atoms with E-state index in [-0.39, 0.29) is 51.4 Å². The molecule has 0 fully saturated rings. The Morgan fingerprint density at radius 2 is 1.86 bits per heavy atom. The van der Waals surface area contributed by atoms with Crippen LogP contribution in [0.2, 0.25) is 0 Å². The van der Waals surface area contributed by atoms with Crippen LogP contribution >= 0.6 is 0 Å². The van der Waals surface area contributed by atoms with Gasteiger partial charge in [0.1, 0.15) is 0 Å². The van der Waals surface area contributed by atoms with E-state index < -0.39 is 11.1 Å². The Morgan fingerprint density at radius 1 is 1.36 bits per heavy atom. The standard InChI is InChI=1S/C10H14O2S.K/c1-3-8(2)9-4-6-10(7-5-9)13(11)12;/h4-8H,3H2,1-2H3,(H,11,12);/q;+1/p-1. The van der Waals surface area contributed by atoms with Gasteiger partial charge in [0.15, 0.2) is 0 Å². The maximum absolute atomic E-state index is 10.6. The molecule has 1 aromatic rings.